The Morgan fingerprint density at radius 1 is 1.23 bits per heavy atom. The van der Waals surface area contributed by atoms with Crippen molar-refractivity contribution in [3.05, 3.63) is 42.2 Å². The van der Waals surface area contributed by atoms with Crippen molar-refractivity contribution in [1.29, 1.82) is 0 Å². The molecule has 0 saturated carbocycles. The highest BCUT2D eigenvalue weighted by Crippen LogP contribution is 2.21. The van der Waals surface area contributed by atoms with E-state index in [1.54, 1.807) is 10.9 Å². The van der Waals surface area contributed by atoms with E-state index in [1.807, 2.05) is 37.3 Å². The van der Waals surface area contributed by atoms with E-state index in [4.69, 9.17) is 4.74 Å². The summed E-state index contributed by atoms with van der Waals surface area (Å²) >= 11 is 0. The maximum Gasteiger partial charge on any atom is 0.275 e. The number of carbonyl (C=O) groups is 1. The zero-order chi connectivity index (χ0) is 18.4. The smallest absolute Gasteiger partial charge is 0.275 e. The number of aromatic nitrogens is 2. The lowest BCUT2D eigenvalue weighted by atomic mass is 10.0. The molecule has 0 unspecified atom stereocenters. The molecule has 1 saturated heterocycles. The van der Waals surface area contributed by atoms with E-state index in [1.165, 1.54) is 0 Å². The number of rotatable bonds is 7. The number of ether oxygens (including phenoxy) is 1. The molecule has 1 aliphatic rings. The largest absolute Gasteiger partial charge is 0.489 e. The van der Waals surface area contributed by atoms with Crippen LogP contribution in [0.1, 0.15) is 43.6 Å². The summed E-state index contributed by atoms with van der Waals surface area (Å²) in [6.45, 7) is 7.90. The molecule has 0 atom stereocenters. The molecule has 0 radical (unpaired) electrons. The SMILES string of the molecule is CCCOc1cn(-c2ccccc2)nc1C(=O)NC1CCN(CC)CC1. The average molecular weight is 356 g/mol. The molecular weight excluding hydrogens is 328 g/mol. The summed E-state index contributed by atoms with van der Waals surface area (Å²) in [5.74, 6) is 0.389. The van der Waals surface area contributed by atoms with E-state index in [-0.39, 0.29) is 11.9 Å². The number of carbonyl (C=O) groups excluding carboxylic acids is 1. The van der Waals surface area contributed by atoms with Gasteiger partial charge in [-0.1, -0.05) is 32.0 Å². The fourth-order valence-corrected chi connectivity index (χ4v) is 3.19. The number of nitrogens with one attached hydrogen (secondary N) is 1. The zero-order valence-corrected chi connectivity index (χ0v) is 15.6. The second-order valence-electron chi connectivity index (χ2n) is 6.65. The van der Waals surface area contributed by atoms with E-state index in [0.29, 0.717) is 18.1 Å². The molecule has 1 amide bonds. The molecule has 6 nitrogen and oxygen atoms in total. The van der Waals surface area contributed by atoms with Crippen molar-refractivity contribution in [1.82, 2.24) is 20.0 Å². The molecule has 1 fully saturated rings. The predicted octanol–water partition coefficient (Wildman–Crippen LogP) is 2.88. The van der Waals surface area contributed by atoms with Crippen LogP contribution in [0.4, 0.5) is 0 Å². The zero-order valence-electron chi connectivity index (χ0n) is 15.6. The molecule has 0 spiro atoms. The highest BCUT2D eigenvalue weighted by molar-refractivity contribution is 5.95. The van der Waals surface area contributed by atoms with Gasteiger partial charge in [0.25, 0.3) is 5.91 Å². The molecule has 2 heterocycles. The summed E-state index contributed by atoms with van der Waals surface area (Å²) in [5, 5.41) is 7.64. The highest BCUT2D eigenvalue weighted by Gasteiger charge is 2.24. The van der Waals surface area contributed by atoms with Gasteiger partial charge >= 0.3 is 0 Å². The van der Waals surface area contributed by atoms with Crippen molar-refractivity contribution in [2.75, 3.05) is 26.2 Å². The summed E-state index contributed by atoms with van der Waals surface area (Å²) < 4.78 is 7.49. The third-order valence-electron chi connectivity index (χ3n) is 4.75. The molecule has 1 aromatic heterocycles. The number of hydrogen-bond donors (Lipinski definition) is 1. The lowest BCUT2D eigenvalue weighted by molar-refractivity contribution is 0.0903. The van der Waals surface area contributed by atoms with Crippen LogP contribution < -0.4 is 10.1 Å². The Bertz CT molecular complexity index is 706. The topological polar surface area (TPSA) is 59.4 Å². The molecule has 1 aliphatic heterocycles. The third-order valence-corrected chi connectivity index (χ3v) is 4.75. The van der Waals surface area contributed by atoms with Crippen molar-refractivity contribution >= 4 is 5.91 Å². The van der Waals surface area contributed by atoms with Gasteiger partial charge in [0.2, 0.25) is 0 Å². The maximum atomic E-state index is 12.8. The van der Waals surface area contributed by atoms with E-state index >= 15 is 0 Å². The van der Waals surface area contributed by atoms with Gasteiger partial charge in [-0.05, 0) is 37.9 Å². The van der Waals surface area contributed by atoms with Crippen molar-refractivity contribution in [2.45, 2.75) is 39.2 Å². The Labute approximate surface area is 155 Å². The van der Waals surface area contributed by atoms with Gasteiger partial charge in [-0.25, -0.2) is 4.68 Å². The molecule has 3 rings (SSSR count). The monoisotopic (exact) mass is 356 g/mol. The predicted molar refractivity (Wildman–Crippen MR) is 102 cm³/mol. The van der Waals surface area contributed by atoms with Gasteiger partial charge in [0.15, 0.2) is 11.4 Å². The Morgan fingerprint density at radius 3 is 2.62 bits per heavy atom. The van der Waals surface area contributed by atoms with Crippen molar-refractivity contribution in [3.63, 3.8) is 0 Å². The first-order valence-electron chi connectivity index (χ1n) is 9.52. The van der Waals surface area contributed by atoms with Crippen molar-refractivity contribution < 1.29 is 9.53 Å². The van der Waals surface area contributed by atoms with Crippen LogP contribution in [0, 0.1) is 0 Å². The quantitative estimate of drug-likeness (QED) is 0.829. The number of hydrogen-bond acceptors (Lipinski definition) is 4. The third kappa shape index (κ3) is 4.43. The van der Waals surface area contributed by atoms with Crippen LogP contribution in [-0.2, 0) is 0 Å². The summed E-state index contributed by atoms with van der Waals surface area (Å²) in [6, 6.07) is 9.97. The first kappa shape index (κ1) is 18.5. The first-order chi connectivity index (χ1) is 12.7. The fourth-order valence-electron chi connectivity index (χ4n) is 3.19. The highest BCUT2D eigenvalue weighted by atomic mass is 16.5. The second kappa shape index (κ2) is 8.85. The summed E-state index contributed by atoms with van der Waals surface area (Å²) in [7, 11) is 0. The minimum atomic E-state index is -0.152. The average Bonchev–Trinajstić information content (AvgIpc) is 3.12. The minimum absolute atomic E-state index is 0.152. The Hall–Kier alpha value is -2.34. The van der Waals surface area contributed by atoms with Gasteiger partial charge in [-0.2, -0.15) is 5.10 Å². The van der Waals surface area contributed by atoms with Gasteiger partial charge in [-0.3, -0.25) is 4.79 Å². The van der Waals surface area contributed by atoms with Crippen molar-refractivity contribution in [3.8, 4) is 11.4 Å². The lowest BCUT2D eigenvalue weighted by Crippen LogP contribution is -2.44. The van der Waals surface area contributed by atoms with Gasteiger partial charge in [0.05, 0.1) is 18.5 Å². The molecule has 140 valence electrons. The number of likely N-dealkylation sites (tertiary alicyclic amines) is 1. The molecule has 26 heavy (non-hydrogen) atoms. The maximum absolute atomic E-state index is 12.8. The molecule has 6 heteroatoms. The second-order valence-corrected chi connectivity index (χ2v) is 6.65. The summed E-state index contributed by atoms with van der Waals surface area (Å²) in [6.07, 6.45) is 4.63. The van der Waals surface area contributed by atoms with Crippen LogP contribution in [-0.4, -0.2) is 52.9 Å². The normalized spacial score (nSPS) is 15.8. The standard InChI is InChI=1S/C20H28N4O2/c1-3-14-26-18-15-24(17-8-6-5-7-9-17)22-19(18)20(25)21-16-10-12-23(4-2)13-11-16/h5-9,15-16H,3-4,10-14H2,1-2H3,(H,21,25). The molecule has 0 aliphatic carbocycles. The fraction of sp³-hybridized carbons (Fsp3) is 0.500. The van der Waals surface area contributed by atoms with E-state index < -0.39 is 0 Å². The van der Waals surface area contributed by atoms with Crippen molar-refractivity contribution in [2.24, 2.45) is 0 Å². The Kier molecular flexibility index (Phi) is 6.28. The number of benzene rings is 1. The van der Waals surface area contributed by atoms with Crippen LogP contribution in [0.2, 0.25) is 0 Å². The first-order valence-corrected chi connectivity index (χ1v) is 9.52. The molecule has 1 N–H and O–H groups in total. The van der Waals surface area contributed by atoms with Gasteiger partial charge in [0.1, 0.15) is 0 Å². The summed E-state index contributed by atoms with van der Waals surface area (Å²) in [5.41, 5.74) is 1.27. The number of para-hydroxylation sites is 1. The van der Waals surface area contributed by atoms with Gasteiger partial charge < -0.3 is 15.0 Å². The summed E-state index contributed by atoms with van der Waals surface area (Å²) in [4.78, 5) is 15.2. The lowest BCUT2D eigenvalue weighted by Gasteiger charge is -2.31. The number of piperidine rings is 1. The minimum Gasteiger partial charge on any atom is -0.489 e. The van der Waals surface area contributed by atoms with Crippen LogP contribution >= 0.6 is 0 Å². The van der Waals surface area contributed by atoms with E-state index in [9.17, 15) is 4.79 Å². The van der Waals surface area contributed by atoms with Gasteiger partial charge in [-0.15, -0.1) is 0 Å². The Morgan fingerprint density at radius 2 is 1.96 bits per heavy atom. The Balaban J connectivity index is 1.74. The van der Waals surface area contributed by atoms with E-state index in [0.717, 1.165) is 44.6 Å². The van der Waals surface area contributed by atoms with Crippen LogP contribution in [0.25, 0.3) is 5.69 Å². The number of amides is 1. The number of nitrogens with zero attached hydrogens (tertiary/aromatic N) is 3. The van der Waals surface area contributed by atoms with Gasteiger partial charge in [0, 0.05) is 19.1 Å². The molecule has 0 bridgehead atoms. The molecular formula is C20H28N4O2. The molecule has 1 aromatic carbocycles. The molecule has 2 aromatic rings. The van der Waals surface area contributed by atoms with E-state index in [2.05, 4.69) is 22.2 Å². The van der Waals surface area contributed by atoms with Crippen LogP contribution in [0.15, 0.2) is 36.5 Å². The van der Waals surface area contributed by atoms with Crippen LogP contribution in [0.3, 0.4) is 0 Å². The van der Waals surface area contributed by atoms with Crippen LogP contribution in [0.5, 0.6) is 5.75 Å².